The van der Waals surface area contributed by atoms with Crippen molar-refractivity contribution in [1.82, 2.24) is 9.55 Å². The van der Waals surface area contributed by atoms with Gasteiger partial charge in [-0.1, -0.05) is 23.2 Å². The Kier molecular flexibility index (Phi) is 5.91. The van der Waals surface area contributed by atoms with Crippen LogP contribution in [0, 0.1) is 0 Å². The van der Waals surface area contributed by atoms with Crippen LogP contribution in [0.3, 0.4) is 0 Å². The van der Waals surface area contributed by atoms with Gasteiger partial charge in [-0.05, 0) is 35.9 Å². The summed E-state index contributed by atoms with van der Waals surface area (Å²) in [5.41, 5.74) is 0.993. The van der Waals surface area contributed by atoms with E-state index in [1.807, 2.05) is 29.0 Å². The molecule has 0 bridgehead atoms. The normalized spacial score (nSPS) is 10.6. The van der Waals surface area contributed by atoms with Crippen LogP contribution >= 0.6 is 23.2 Å². The molecule has 3 aromatic rings. The fraction of sp³-hybridized carbons (Fsp3) is 0.211. The standard InChI is InChI=1S/C19H18Cl2N2O3/c1-24-17-4-3-16(10-18(17)25-2)26-12-19-22-5-6-23(19)11-13-7-14(20)9-15(21)8-13/h3-10H,11-12H2,1-2H3. The number of rotatable bonds is 7. The van der Waals surface area contributed by atoms with Gasteiger partial charge >= 0.3 is 0 Å². The van der Waals surface area contributed by atoms with Crippen molar-refractivity contribution in [2.75, 3.05) is 14.2 Å². The van der Waals surface area contributed by atoms with E-state index in [0.717, 1.165) is 11.4 Å². The van der Waals surface area contributed by atoms with Crippen molar-refractivity contribution in [2.24, 2.45) is 0 Å². The van der Waals surface area contributed by atoms with E-state index in [9.17, 15) is 0 Å². The summed E-state index contributed by atoms with van der Waals surface area (Å²) < 4.78 is 18.4. The summed E-state index contributed by atoms with van der Waals surface area (Å²) in [7, 11) is 3.18. The van der Waals surface area contributed by atoms with Crippen molar-refractivity contribution in [3.63, 3.8) is 0 Å². The Morgan fingerprint density at radius 1 is 0.962 bits per heavy atom. The zero-order valence-corrected chi connectivity index (χ0v) is 15.9. The van der Waals surface area contributed by atoms with Gasteiger partial charge in [0, 0.05) is 35.1 Å². The Balaban J connectivity index is 1.71. The number of ether oxygens (including phenoxy) is 3. The largest absolute Gasteiger partial charge is 0.493 e. The van der Waals surface area contributed by atoms with Crippen LogP contribution in [0.2, 0.25) is 10.0 Å². The third-order valence-corrected chi connectivity index (χ3v) is 4.24. The molecular weight excluding hydrogens is 375 g/mol. The van der Waals surface area contributed by atoms with Gasteiger partial charge in [0.2, 0.25) is 0 Å². The number of halogens is 2. The second kappa shape index (κ2) is 8.34. The predicted octanol–water partition coefficient (Wildman–Crippen LogP) is 4.83. The Morgan fingerprint density at radius 2 is 1.69 bits per heavy atom. The van der Waals surface area contributed by atoms with Crippen LogP contribution in [0.4, 0.5) is 0 Å². The summed E-state index contributed by atoms with van der Waals surface area (Å²) in [5.74, 6) is 2.72. The maximum Gasteiger partial charge on any atom is 0.164 e. The summed E-state index contributed by atoms with van der Waals surface area (Å²) in [6.45, 7) is 0.918. The molecule has 0 N–H and O–H groups in total. The van der Waals surface area contributed by atoms with E-state index < -0.39 is 0 Å². The molecule has 0 aliphatic rings. The zero-order chi connectivity index (χ0) is 18.5. The first-order chi connectivity index (χ1) is 12.6. The topological polar surface area (TPSA) is 45.5 Å². The second-order valence-corrected chi connectivity index (χ2v) is 6.43. The molecule has 1 heterocycles. The molecule has 0 aliphatic heterocycles. The van der Waals surface area contributed by atoms with Crippen molar-refractivity contribution >= 4 is 23.2 Å². The van der Waals surface area contributed by atoms with Crippen molar-refractivity contribution in [3.8, 4) is 17.2 Å². The van der Waals surface area contributed by atoms with Crippen LogP contribution in [0.1, 0.15) is 11.4 Å². The molecule has 2 aromatic carbocycles. The number of nitrogens with zero attached hydrogens (tertiary/aromatic N) is 2. The second-order valence-electron chi connectivity index (χ2n) is 5.55. The molecule has 0 fully saturated rings. The number of aromatic nitrogens is 2. The molecule has 0 atom stereocenters. The maximum atomic E-state index is 6.07. The Morgan fingerprint density at radius 3 is 2.38 bits per heavy atom. The zero-order valence-electron chi connectivity index (χ0n) is 14.4. The smallest absolute Gasteiger partial charge is 0.164 e. The average molecular weight is 393 g/mol. The lowest BCUT2D eigenvalue weighted by Gasteiger charge is -2.12. The van der Waals surface area contributed by atoms with Gasteiger partial charge in [-0.2, -0.15) is 0 Å². The Labute approximate surface area is 162 Å². The van der Waals surface area contributed by atoms with Crippen LogP contribution in [-0.2, 0) is 13.2 Å². The highest BCUT2D eigenvalue weighted by Gasteiger charge is 2.09. The number of hydrogen-bond acceptors (Lipinski definition) is 4. The van der Waals surface area contributed by atoms with E-state index in [-0.39, 0.29) is 0 Å². The molecule has 5 nitrogen and oxygen atoms in total. The van der Waals surface area contributed by atoms with Crippen molar-refractivity contribution in [3.05, 3.63) is 70.2 Å². The molecule has 26 heavy (non-hydrogen) atoms. The van der Waals surface area contributed by atoms with Crippen LogP contribution in [0.25, 0.3) is 0 Å². The Hall–Kier alpha value is -2.37. The van der Waals surface area contributed by atoms with E-state index >= 15 is 0 Å². The molecule has 0 saturated heterocycles. The SMILES string of the molecule is COc1ccc(OCc2nccn2Cc2cc(Cl)cc(Cl)c2)cc1OC. The van der Waals surface area contributed by atoms with Gasteiger partial charge < -0.3 is 18.8 Å². The van der Waals surface area contributed by atoms with Gasteiger partial charge in [0.15, 0.2) is 11.5 Å². The van der Waals surface area contributed by atoms with Gasteiger partial charge in [-0.3, -0.25) is 0 Å². The fourth-order valence-electron chi connectivity index (χ4n) is 2.58. The van der Waals surface area contributed by atoms with Crippen LogP contribution in [-0.4, -0.2) is 23.8 Å². The molecule has 0 saturated carbocycles. The highest BCUT2D eigenvalue weighted by molar-refractivity contribution is 6.34. The van der Waals surface area contributed by atoms with Gasteiger partial charge in [-0.25, -0.2) is 4.98 Å². The highest BCUT2D eigenvalue weighted by Crippen LogP contribution is 2.31. The van der Waals surface area contributed by atoms with E-state index in [1.54, 1.807) is 38.6 Å². The third-order valence-electron chi connectivity index (χ3n) is 3.80. The number of hydrogen-bond donors (Lipinski definition) is 0. The number of imidazole rings is 1. The monoisotopic (exact) mass is 392 g/mol. The lowest BCUT2D eigenvalue weighted by atomic mass is 10.2. The van der Waals surface area contributed by atoms with E-state index in [4.69, 9.17) is 37.4 Å². The minimum atomic E-state index is 0.316. The van der Waals surface area contributed by atoms with Gasteiger partial charge in [0.05, 0.1) is 14.2 Å². The first-order valence-corrected chi connectivity index (χ1v) is 8.64. The molecule has 0 radical (unpaired) electrons. The van der Waals surface area contributed by atoms with Crippen molar-refractivity contribution in [1.29, 1.82) is 0 Å². The Bertz CT molecular complexity index is 876. The van der Waals surface area contributed by atoms with Crippen molar-refractivity contribution < 1.29 is 14.2 Å². The average Bonchev–Trinajstić information content (AvgIpc) is 3.05. The fourth-order valence-corrected chi connectivity index (χ4v) is 3.15. The maximum absolute atomic E-state index is 6.07. The molecular formula is C19H18Cl2N2O3. The van der Waals surface area contributed by atoms with E-state index in [1.165, 1.54) is 0 Å². The van der Waals surface area contributed by atoms with E-state index in [0.29, 0.717) is 40.4 Å². The quantitative estimate of drug-likeness (QED) is 0.577. The number of methoxy groups -OCH3 is 2. The van der Waals surface area contributed by atoms with Crippen LogP contribution in [0.15, 0.2) is 48.8 Å². The minimum absolute atomic E-state index is 0.316. The molecule has 0 amide bonds. The molecule has 7 heteroatoms. The molecule has 136 valence electrons. The van der Waals surface area contributed by atoms with Gasteiger partial charge in [0.1, 0.15) is 18.2 Å². The predicted molar refractivity (Wildman–Crippen MR) is 102 cm³/mol. The molecule has 0 spiro atoms. The third kappa shape index (κ3) is 4.42. The molecule has 1 aromatic heterocycles. The number of benzene rings is 2. The lowest BCUT2D eigenvalue weighted by Crippen LogP contribution is -2.08. The van der Waals surface area contributed by atoms with Crippen LogP contribution < -0.4 is 14.2 Å². The summed E-state index contributed by atoms with van der Waals surface area (Å²) in [4.78, 5) is 4.36. The molecule has 0 unspecified atom stereocenters. The molecule has 3 rings (SSSR count). The highest BCUT2D eigenvalue weighted by atomic mass is 35.5. The van der Waals surface area contributed by atoms with Gasteiger partial charge in [-0.15, -0.1) is 0 Å². The first-order valence-electron chi connectivity index (χ1n) is 7.89. The first kappa shape index (κ1) is 18.4. The summed E-state index contributed by atoms with van der Waals surface area (Å²) in [6.07, 6.45) is 3.63. The summed E-state index contributed by atoms with van der Waals surface area (Å²) in [6, 6.07) is 10.9. The lowest BCUT2D eigenvalue weighted by molar-refractivity contribution is 0.286. The van der Waals surface area contributed by atoms with E-state index in [2.05, 4.69) is 4.98 Å². The van der Waals surface area contributed by atoms with Crippen molar-refractivity contribution in [2.45, 2.75) is 13.2 Å². The van der Waals surface area contributed by atoms with Gasteiger partial charge in [0.25, 0.3) is 0 Å². The summed E-state index contributed by atoms with van der Waals surface area (Å²) >= 11 is 12.1. The summed E-state index contributed by atoms with van der Waals surface area (Å²) in [5, 5.41) is 1.21. The van der Waals surface area contributed by atoms with Crippen LogP contribution in [0.5, 0.6) is 17.2 Å². The molecule has 0 aliphatic carbocycles. The minimum Gasteiger partial charge on any atom is -0.493 e.